The van der Waals surface area contributed by atoms with Gasteiger partial charge in [0.1, 0.15) is 0 Å². The van der Waals surface area contributed by atoms with E-state index in [4.69, 9.17) is 17.3 Å². The zero-order valence-electron chi connectivity index (χ0n) is 8.27. The van der Waals surface area contributed by atoms with Crippen molar-refractivity contribution in [1.29, 1.82) is 0 Å². The van der Waals surface area contributed by atoms with Crippen LogP contribution in [0.25, 0.3) is 0 Å². The summed E-state index contributed by atoms with van der Waals surface area (Å²) in [5.74, 6) is -1.27. The second-order valence-electron chi connectivity index (χ2n) is 3.19. The third-order valence-electron chi connectivity index (χ3n) is 1.96. The molecule has 0 unspecified atom stereocenters. The lowest BCUT2D eigenvalue weighted by atomic mass is 10.0. The number of amides is 2. The van der Waals surface area contributed by atoms with Gasteiger partial charge in [0, 0.05) is 17.4 Å². The first-order valence-electron chi connectivity index (χ1n) is 4.50. The van der Waals surface area contributed by atoms with Gasteiger partial charge in [0.25, 0.3) is 0 Å². The number of aliphatic carboxylic acids is 1. The first-order valence-corrected chi connectivity index (χ1v) is 4.88. The average Bonchev–Trinajstić information content (AvgIpc) is 2.16. The van der Waals surface area contributed by atoms with Gasteiger partial charge in [-0.05, 0) is 17.7 Å². The lowest BCUT2D eigenvalue weighted by Crippen LogP contribution is -2.37. The first-order chi connectivity index (χ1) is 7.49. The highest BCUT2D eigenvalue weighted by atomic mass is 35.5. The SMILES string of the molecule is NC(=O)N[C@@H](CC(=O)[O-])c1ccc(Cl)cc1. The monoisotopic (exact) mass is 241 g/mol. The van der Waals surface area contributed by atoms with Crippen LogP contribution < -0.4 is 16.2 Å². The summed E-state index contributed by atoms with van der Waals surface area (Å²) in [7, 11) is 0. The molecule has 3 N–H and O–H groups in total. The number of rotatable bonds is 4. The fraction of sp³-hybridized carbons (Fsp3) is 0.200. The number of carbonyl (C=O) groups is 2. The minimum Gasteiger partial charge on any atom is -0.550 e. The van der Waals surface area contributed by atoms with Gasteiger partial charge in [-0.25, -0.2) is 4.79 Å². The second-order valence-corrected chi connectivity index (χ2v) is 3.63. The molecule has 5 nitrogen and oxygen atoms in total. The minimum absolute atomic E-state index is 0.343. The molecule has 0 aliphatic carbocycles. The van der Waals surface area contributed by atoms with E-state index in [1.807, 2.05) is 0 Å². The van der Waals surface area contributed by atoms with Crippen molar-refractivity contribution in [1.82, 2.24) is 5.32 Å². The highest BCUT2D eigenvalue weighted by Gasteiger charge is 2.13. The van der Waals surface area contributed by atoms with Gasteiger partial charge in [-0.1, -0.05) is 23.7 Å². The van der Waals surface area contributed by atoms with Crippen LogP contribution in [0.1, 0.15) is 18.0 Å². The Morgan fingerprint density at radius 1 is 1.38 bits per heavy atom. The smallest absolute Gasteiger partial charge is 0.312 e. The van der Waals surface area contributed by atoms with Gasteiger partial charge in [0.2, 0.25) is 0 Å². The summed E-state index contributed by atoms with van der Waals surface area (Å²) >= 11 is 5.69. The summed E-state index contributed by atoms with van der Waals surface area (Å²) in [6, 6.07) is 4.93. The number of primary amides is 1. The molecular weight excluding hydrogens is 232 g/mol. The standard InChI is InChI=1S/C10H11ClN2O3/c11-7-3-1-6(2-4-7)8(5-9(14)15)13-10(12)16/h1-4,8H,5H2,(H,14,15)(H3,12,13,16)/p-1/t8-/m0/s1. The first kappa shape index (κ1) is 12.3. The van der Waals surface area contributed by atoms with Crippen LogP contribution >= 0.6 is 11.6 Å². The van der Waals surface area contributed by atoms with Crippen molar-refractivity contribution in [3.8, 4) is 0 Å². The van der Waals surface area contributed by atoms with Crippen LogP contribution in [-0.4, -0.2) is 12.0 Å². The predicted molar refractivity (Wildman–Crippen MR) is 56.5 cm³/mol. The Morgan fingerprint density at radius 2 is 1.94 bits per heavy atom. The van der Waals surface area contributed by atoms with Gasteiger partial charge in [-0.3, -0.25) is 0 Å². The molecule has 0 bridgehead atoms. The number of urea groups is 1. The van der Waals surface area contributed by atoms with E-state index in [0.717, 1.165) is 0 Å². The van der Waals surface area contributed by atoms with Crippen molar-refractivity contribution < 1.29 is 14.7 Å². The van der Waals surface area contributed by atoms with Gasteiger partial charge < -0.3 is 21.0 Å². The van der Waals surface area contributed by atoms with Crippen molar-refractivity contribution in [2.24, 2.45) is 5.73 Å². The van der Waals surface area contributed by atoms with Gasteiger partial charge in [0.15, 0.2) is 0 Å². The fourth-order valence-electron chi connectivity index (χ4n) is 1.29. The van der Waals surface area contributed by atoms with Crippen LogP contribution in [0.2, 0.25) is 5.02 Å². The molecule has 1 aromatic rings. The van der Waals surface area contributed by atoms with Crippen molar-refractivity contribution in [3.63, 3.8) is 0 Å². The molecule has 0 saturated heterocycles. The van der Waals surface area contributed by atoms with E-state index in [-0.39, 0.29) is 6.42 Å². The summed E-state index contributed by atoms with van der Waals surface area (Å²) in [6.07, 6.45) is -0.343. The fourth-order valence-corrected chi connectivity index (χ4v) is 1.41. The summed E-state index contributed by atoms with van der Waals surface area (Å²) < 4.78 is 0. The van der Waals surface area contributed by atoms with Crippen LogP contribution in [0.15, 0.2) is 24.3 Å². The Balaban J connectivity index is 2.86. The Kier molecular flexibility index (Phi) is 4.13. The predicted octanol–water partition coefficient (Wildman–Crippen LogP) is 0.189. The van der Waals surface area contributed by atoms with Crippen molar-refractivity contribution in [2.45, 2.75) is 12.5 Å². The van der Waals surface area contributed by atoms with Crippen molar-refractivity contribution in [3.05, 3.63) is 34.9 Å². The zero-order valence-corrected chi connectivity index (χ0v) is 9.03. The molecule has 0 radical (unpaired) electrons. The van der Waals surface area contributed by atoms with Gasteiger partial charge in [-0.2, -0.15) is 0 Å². The number of carboxylic acid groups (broad SMARTS) is 1. The lowest BCUT2D eigenvalue weighted by molar-refractivity contribution is -0.306. The summed E-state index contributed by atoms with van der Waals surface area (Å²) in [5.41, 5.74) is 5.55. The molecule has 0 heterocycles. The number of nitrogens with one attached hydrogen (secondary N) is 1. The van der Waals surface area contributed by atoms with E-state index < -0.39 is 18.0 Å². The molecule has 6 heteroatoms. The maximum absolute atomic E-state index is 10.7. The van der Waals surface area contributed by atoms with Gasteiger partial charge in [0.05, 0.1) is 6.04 Å². The molecule has 0 aromatic heterocycles. The topological polar surface area (TPSA) is 95.2 Å². The van der Waals surface area contributed by atoms with Crippen LogP contribution in [0.4, 0.5) is 4.79 Å². The Labute approximate surface area is 97.2 Å². The molecule has 0 aliphatic rings. The van der Waals surface area contributed by atoms with E-state index in [0.29, 0.717) is 10.6 Å². The quantitative estimate of drug-likeness (QED) is 0.788. The van der Waals surface area contributed by atoms with E-state index in [9.17, 15) is 14.7 Å². The normalized spacial score (nSPS) is 11.8. The van der Waals surface area contributed by atoms with E-state index in [1.54, 1.807) is 24.3 Å². The number of nitrogens with two attached hydrogens (primary N) is 1. The lowest BCUT2D eigenvalue weighted by Gasteiger charge is -2.18. The number of halogens is 1. The second kappa shape index (κ2) is 5.37. The zero-order chi connectivity index (χ0) is 12.1. The van der Waals surface area contributed by atoms with Gasteiger partial charge in [-0.15, -0.1) is 0 Å². The molecule has 86 valence electrons. The molecule has 2 amide bonds. The Hall–Kier alpha value is -1.75. The molecule has 0 fully saturated rings. The highest BCUT2D eigenvalue weighted by molar-refractivity contribution is 6.30. The van der Waals surface area contributed by atoms with Crippen LogP contribution in [0.3, 0.4) is 0 Å². The van der Waals surface area contributed by atoms with Crippen LogP contribution in [0.5, 0.6) is 0 Å². The van der Waals surface area contributed by atoms with Crippen molar-refractivity contribution >= 4 is 23.6 Å². The average molecular weight is 242 g/mol. The Morgan fingerprint density at radius 3 is 2.38 bits per heavy atom. The van der Waals surface area contributed by atoms with E-state index in [1.165, 1.54) is 0 Å². The maximum atomic E-state index is 10.7. The number of carbonyl (C=O) groups excluding carboxylic acids is 2. The summed E-state index contributed by atoms with van der Waals surface area (Å²) in [5, 5.41) is 13.3. The molecule has 1 atom stereocenters. The third kappa shape index (κ3) is 3.78. The molecular formula is C10H10ClN2O3-. The minimum atomic E-state index is -1.27. The van der Waals surface area contributed by atoms with E-state index in [2.05, 4.69) is 5.32 Å². The largest absolute Gasteiger partial charge is 0.550 e. The number of benzene rings is 1. The molecule has 16 heavy (non-hydrogen) atoms. The number of hydrogen-bond donors (Lipinski definition) is 2. The maximum Gasteiger partial charge on any atom is 0.312 e. The molecule has 0 spiro atoms. The summed E-state index contributed by atoms with van der Waals surface area (Å²) in [4.78, 5) is 21.2. The summed E-state index contributed by atoms with van der Waals surface area (Å²) in [6.45, 7) is 0. The number of carboxylic acids is 1. The molecule has 1 rings (SSSR count). The number of hydrogen-bond acceptors (Lipinski definition) is 3. The Bertz CT molecular complexity index is 376. The van der Waals surface area contributed by atoms with Crippen LogP contribution in [0, 0.1) is 0 Å². The molecule has 1 aromatic carbocycles. The highest BCUT2D eigenvalue weighted by Crippen LogP contribution is 2.18. The molecule has 0 aliphatic heterocycles. The third-order valence-corrected chi connectivity index (χ3v) is 2.21. The van der Waals surface area contributed by atoms with Crippen molar-refractivity contribution in [2.75, 3.05) is 0 Å². The van der Waals surface area contributed by atoms with Gasteiger partial charge >= 0.3 is 6.03 Å². The molecule has 0 saturated carbocycles. The van der Waals surface area contributed by atoms with E-state index >= 15 is 0 Å². The van der Waals surface area contributed by atoms with Crippen LogP contribution in [-0.2, 0) is 4.79 Å².